The van der Waals surface area contributed by atoms with Gasteiger partial charge in [-0.05, 0) is 44.3 Å². The number of anilines is 1. The number of fused-ring (bicyclic) bond motifs is 2. The Kier molecular flexibility index (Phi) is 7.43. The van der Waals surface area contributed by atoms with Gasteiger partial charge in [-0.2, -0.15) is 0 Å². The van der Waals surface area contributed by atoms with Crippen LogP contribution in [0.3, 0.4) is 0 Å². The fourth-order valence-corrected chi connectivity index (χ4v) is 4.53. The van der Waals surface area contributed by atoms with E-state index in [0.29, 0.717) is 51.2 Å². The molecule has 10 nitrogen and oxygen atoms in total. The summed E-state index contributed by atoms with van der Waals surface area (Å²) in [6.07, 6.45) is 0. The molecule has 3 N–H and O–H groups in total. The summed E-state index contributed by atoms with van der Waals surface area (Å²) in [7, 11) is 0. The lowest BCUT2D eigenvalue weighted by molar-refractivity contribution is 0.0960. The summed E-state index contributed by atoms with van der Waals surface area (Å²) in [5.74, 6) is 1.18. The molecular weight excluding hydrogens is 456 g/mol. The zero-order valence-corrected chi connectivity index (χ0v) is 20.3. The number of nitrogen functional groups attached to an aromatic ring is 1. The minimum Gasteiger partial charge on any atom is -0.454 e. The Bertz CT molecular complexity index is 1210. The third-order valence-electron chi connectivity index (χ3n) is 5.39. The zero-order chi connectivity index (χ0) is 24.1. The molecule has 11 heteroatoms. The number of aromatic nitrogens is 2. The quantitative estimate of drug-likeness (QED) is 0.256. The van der Waals surface area contributed by atoms with Crippen LogP contribution in [0.25, 0.3) is 10.2 Å². The number of hydrogen-bond donors (Lipinski definition) is 2. The molecule has 0 unspecified atom stereocenters. The molecule has 1 aromatic carbocycles. The number of nitrogens with one attached hydrogen (secondary N) is 1. The number of likely N-dealkylation sites (N-methyl/N-ethyl adjacent to an activating group) is 1. The molecular formula is C23H28N6O4S. The van der Waals surface area contributed by atoms with E-state index in [9.17, 15) is 4.79 Å². The van der Waals surface area contributed by atoms with Crippen LogP contribution in [-0.2, 0) is 4.84 Å². The van der Waals surface area contributed by atoms with Crippen molar-refractivity contribution in [1.82, 2.24) is 20.2 Å². The van der Waals surface area contributed by atoms with Crippen LogP contribution < -0.4 is 20.5 Å². The average molecular weight is 485 g/mol. The minimum atomic E-state index is -0.174. The molecule has 4 rings (SSSR count). The van der Waals surface area contributed by atoms with Crippen molar-refractivity contribution in [3.05, 3.63) is 40.4 Å². The van der Waals surface area contributed by atoms with Crippen LogP contribution >= 0.6 is 11.3 Å². The van der Waals surface area contributed by atoms with Crippen molar-refractivity contribution in [2.75, 3.05) is 45.3 Å². The first-order valence-corrected chi connectivity index (χ1v) is 12.0. The lowest BCUT2D eigenvalue weighted by Gasteiger charge is -2.16. The Labute approximate surface area is 201 Å². The molecule has 0 saturated carbocycles. The van der Waals surface area contributed by atoms with Crippen molar-refractivity contribution in [2.45, 2.75) is 20.8 Å². The number of carbonyl (C=O) groups is 1. The van der Waals surface area contributed by atoms with Gasteiger partial charge >= 0.3 is 0 Å². The van der Waals surface area contributed by atoms with E-state index in [0.717, 1.165) is 25.2 Å². The second kappa shape index (κ2) is 10.7. The van der Waals surface area contributed by atoms with Gasteiger partial charge in [0, 0.05) is 24.0 Å². The summed E-state index contributed by atoms with van der Waals surface area (Å²) >= 11 is 1.25. The smallest absolute Gasteiger partial charge is 0.261 e. The van der Waals surface area contributed by atoms with Crippen LogP contribution in [-0.4, -0.2) is 66.1 Å². The Morgan fingerprint density at radius 2 is 2.00 bits per heavy atom. The van der Waals surface area contributed by atoms with Gasteiger partial charge in [-0.1, -0.05) is 19.0 Å². The molecule has 0 aliphatic carbocycles. The standard InChI is InChI=1S/C23H28N6O4S/c1-4-25-21(30)18-12-15-20(26-23(24)27-22(15)34-18)19(28-33-10-9-29(5-2)6-3)14-7-8-16-17(11-14)32-13-31-16/h7-8,11-12H,4-6,9-10,13H2,1-3H3,(H,25,30)(H2,24,26,27). The number of amides is 1. The van der Waals surface area contributed by atoms with Gasteiger partial charge in [0.05, 0.1) is 4.88 Å². The van der Waals surface area contributed by atoms with Crippen molar-refractivity contribution in [3.8, 4) is 11.5 Å². The highest BCUT2D eigenvalue weighted by atomic mass is 32.1. The SMILES string of the molecule is CCNC(=O)c1cc2c(C(=NOCCN(CC)CC)c3ccc4c(c3)OCO4)nc(N)nc2s1. The largest absolute Gasteiger partial charge is 0.454 e. The number of benzene rings is 1. The Hall–Kier alpha value is -3.44. The third kappa shape index (κ3) is 5.05. The van der Waals surface area contributed by atoms with Gasteiger partial charge in [-0.3, -0.25) is 4.79 Å². The first kappa shape index (κ1) is 23.7. The topological polar surface area (TPSA) is 124 Å². The van der Waals surface area contributed by atoms with E-state index in [4.69, 9.17) is 20.0 Å². The van der Waals surface area contributed by atoms with Crippen LogP contribution in [0.1, 0.15) is 41.7 Å². The summed E-state index contributed by atoms with van der Waals surface area (Å²) in [5.41, 5.74) is 7.71. The number of thiophene rings is 1. The lowest BCUT2D eigenvalue weighted by atomic mass is 10.0. The monoisotopic (exact) mass is 484 g/mol. The van der Waals surface area contributed by atoms with Crippen LogP contribution in [0.2, 0.25) is 0 Å². The highest BCUT2D eigenvalue weighted by molar-refractivity contribution is 7.20. The number of oxime groups is 1. The Morgan fingerprint density at radius 3 is 2.76 bits per heavy atom. The van der Waals surface area contributed by atoms with Gasteiger partial charge in [0.1, 0.15) is 22.8 Å². The summed E-state index contributed by atoms with van der Waals surface area (Å²) in [5, 5.41) is 7.95. The average Bonchev–Trinajstić information content (AvgIpc) is 3.48. The van der Waals surface area contributed by atoms with Crippen LogP contribution in [0.4, 0.5) is 5.95 Å². The van der Waals surface area contributed by atoms with E-state index in [-0.39, 0.29) is 18.6 Å². The molecule has 0 saturated heterocycles. The first-order valence-electron chi connectivity index (χ1n) is 11.2. The molecule has 2 aromatic heterocycles. The molecule has 3 aromatic rings. The maximum Gasteiger partial charge on any atom is 0.261 e. The van der Waals surface area contributed by atoms with E-state index in [1.165, 1.54) is 11.3 Å². The third-order valence-corrected chi connectivity index (χ3v) is 6.42. The molecule has 180 valence electrons. The predicted molar refractivity (Wildman–Crippen MR) is 132 cm³/mol. The Balaban J connectivity index is 1.76. The molecule has 1 aliphatic rings. The number of carbonyl (C=O) groups excluding carboxylic acids is 1. The summed E-state index contributed by atoms with van der Waals surface area (Å²) < 4.78 is 11.0. The van der Waals surface area contributed by atoms with Crippen LogP contribution in [0, 0.1) is 0 Å². The zero-order valence-electron chi connectivity index (χ0n) is 19.5. The molecule has 1 amide bonds. The number of nitrogens with zero attached hydrogens (tertiary/aromatic N) is 4. The number of hydrogen-bond acceptors (Lipinski definition) is 10. The lowest BCUT2D eigenvalue weighted by Crippen LogP contribution is -2.26. The second-order valence-electron chi connectivity index (χ2n) is 7.49. The first-order chi connectivity index (χ1) is 16.5. The van der Waals surface area contributed by atoms with E-state index >= 15 is 0 Å². The summed E-state index contributed by atoms with van der Waals surface area (Å²) in [4.78, 5) is 30.4. The van der Waals surface area contributed by atoms with Gasteiger partial charge < -0.3 is 30.3 Å². The molecule has 0 radical (unpaired) electrons. The van der Waals surface area contributed by atoms with Crippen molar-refractivity contribution in [2.24, 2.45) is 5.16 Å². The number of ether oxygens (including phenoxy) is 2. The van der Waals surface area contributed by atoms with Gasteiger partial charge in [0.2, 0.25) is 12.7 Å². The van der Waals surface area contributed by atoms with E-state index < -0.39 is 0 Å². The molecule has 1 aliphatic heterocycles. The molecule has 0 bridgehead atoms. The fraction of sp³-hybridized carbons (Fsp3) is 0.391. The number of rotatable bonds is 10. The van der Waals surface area contributed by atoms with Gasteiger partial charge in [-0.15, -0.1) is 11.3 Å². The maximum atomic E-state index is 12.4. The molecule has 3 heterocycles. The minimum absolute atomic E-state index is 0.0865. The maximum absolute atomic E-state index is 12.4. The second-order valence-corrected chi connectivity index (χ2v) is 8.52. The highest BCUT2D eigenvalue weighted by Crippen LogP contribution is 2.34. The summed E-state index contributed by atoms with van der Waals surface area (Å²) in [6.45, 7) is 9.78. The van der Waals surface area contributed by atoms with Crippen LogP contribution in [0.15, 0.2) is 29.4 Å². The number of nitrogens with two attached hydrogens (primary N) is 1. The summed E-state index contributed by atoms with van der Waals surface area (Å²) in [6, 6.07) is 7.27. The van der Waals surface area contributed by atoms with Crippen molar-refractivity contribution in [1.29, 1.82) is 0 Å². The predicted octanol–water partition coefficient (Wildman–Crippen LogP) is 2.86. The van der Waals surface area contributed by atoms with E-state index in [1.807, 2.05) is 25.1 Å². The van der Waals surface area contributed by atoms with Gasteiger partial charge in [0.25, 0.3) is 5.91 Å². The normalized spacial score (nSPS) is 13.0. The molecule has 0 spiro atoms. The van der Waals surface area contributed by atoms with Gasteiger partial charge in [-0.25, -0.2) is 9.97 Å². The molecule has 0 atom stereocenters. The highest BCUT2D eigenvalue weighted by Gasteiger charge is 2.22. The van der Waals surface area contributed by atoms with Crippen molar-refractivity contribution >= 4 is 39.1 Å². The van der Waals surface area contributed by atoms with E-state index in [2.05, 4.69) is 39.2 Å². The molecule has 0 fully saturated rings. The van der Waals surface area contributed by atoms with Crippen LogP contribution in [0.5, 0.6) is 11.5 Å². The van der Waals surface area contributed by atoms with E-state index in [1.54, 1.807) is 6.07 Å². The van der Waals surface area contributed by atoms with Crippen molar-refractivity contribution < 1.29 is 19.1 Å². The Morgan fingerprint density at radius 1 is 1.21 bits per heavy atom. The van der Waals surface area contributed by atoms with Gasteiger partial charge in [0.15, 0.2) is 11.5 Å². The molecule has 34 heavy (non-hydrogen) atoms. The fourth-order valence-electron chi connectivity index (χ4n) is 3.57. The van der Waals surface area contributed by atoms with Crippen molar-refractivity contribution in [3.63, 3.8) is 0 Å².